The van der Waals surface area contributed by atoms with Crippen LogP contribution in [0.4, 0.5) is 11.4 Å². The predicted molar refractivity (Wildman–Crippen MR) is 98.1 cm³/mol. The summed E-state index contributed by atoms with van der Waals surface area (Å²) in [6.07, 6.45) is 0. The summed E-state index contributed by atoms with van der Waals surface area (Å²) >= 11 is 18.1. The van der Waals surface area contributed by atoms with Gasteiger partial charge in [0.05, 0.1) is 21.4 Å². The van der Waals surface area contributed by atoms with Crippen LogP contribution < -0.4 is 10.3 Å². The van der Waals surface area contributed by atoms with E-state index in [0.29, 0.717) is 15.1 Å². The molecule has 22 heavy (non-hydrogen) atoms. The van der Waals surface area contributed by atoms with E-state index in [1.54, 1.807) is 17.1 Å². The van der Waals surface area contributed by atoms with Gasteiger partial charge in [-0.1, -0.05) is 34.8 Å². The van der Waals surface area contributed by atoms with Crippen molar-refractivity contribution in [2.24, 2.45) is 5.10 Å². The molecule has 0 spiro atoms. The van der Waals surface area contributed by atoms with Crippen LogP contribution in [0.3, 0.4) is 0 Å². The molecule has 0 bridgehead atoms. The molecule has 2 aromatic rings. The van der Waals surface area contributed by atoms with Gasteiger partial charge in [-0.25, -0.2) is 0 Å². The molecule has 0 fully saturated rings. The second kappa shape index (κ2) is 7.23. The third kappa shape index (κ3) is 3.86. The van der Waals surface area contributed by atoms with Gasteiger partial charge >= 0.3 is 0 Å². The Morgan fingerprint density at radius 2 is 1.77 bits per heavy atom. The molecule has 0 unspecified atom stereocenters. The number of benzene rings is 2. The third-order valence-corrected chi connectivity index (χ3v) is 4.19. The topological polar surface area (TPSA) is 27.6 Å². The molecule has 0 atom stereocenters. The normalized spacial score (nSPS) is 11.5. The van der Waals surface area contributed by atoms with Crippen molar-refractivity contribution in [2.45, 2.75) is 6.92 Å². The van der Waals surface area contributed by atoms with Gasteiger partial charge in [0.1, 0.15) is 0 Å². The van der Waals surface area contributed by atoms with Crippen molar-refractivity contribution < 1.29 is 0 Å². The van der Waals surface area contributed by atoms with E-state index in [4.69, 9.17) is 34.8 Å². The second-order valence-corrected chi connectivity index (χ2v) is 6.00. The van der Waals surface area contributed by atoms with Crippen molar-refractivity contribution in [3.8, 4) is 0 Å². The van der Waals surface area contributed by atoms with Crippen LogP contribution in [0.1, 0.15) is 12.5 Å². The van der Waals surface area contributed by atoms with Crippen LogP contribution in [0.2, 0.25) is 15.1 Å². The number of nitrogens with one attached hydrogen (secondary N) is 1. The quantitative estimate of drug-likeness (QED) is 0.574. The minimum Gasteiger partial charge on any atom is -0.388 e. The number of hydrogen-bond acceptors (Lipinski definition) is 3. The molecule has 0 radical (unpaired) electrons. The molecule has 0 aromatic heterocycles. The van der Waals surface area contributed by atoms with Crippen molar-refractivity contribution in [1.82, 2.24) is 0 Å². The Labute approximate surface area is 145 Å². The first-order chi connectivity index (χ1) is 10.4. The average Bonchev–Trinajstić information content (AvgIpc) is 2.49. The number of nitrogens with zero attached hydrogens (tertiary/aromatic N) is 2. The van der Waals surface area contributed by atoms with Crippen molar-refractivity contribution >= 4 is 51.9 Å². The highest BCUT2D eigenvalue weighted by atomic mass is 35.5. The number of hydrazone groups is 1. The first-order valence-corrected chi connectivity index (χ1v) is 7.77. The predicted octanol–water partition coefficient (Wildman–Crippen LogP) is 5.55. The fourth-order valence-electron chi connectivity index (χ4n) is 2.06. The molecule has 3 nitrogen and oxygen atoms in total. The van der Waals surface area contributed by atoms with E-state index in [1.807, 2.05) is 45.3 Å². The molecular formula is C16H16Cl3N3. The lowest BCUT2D eigenvalue weighted by atomic mass is 10.1. The number of halogens is 3. The van der Waals surface area contributed by atoms with Crippen LogP contribution in [-0.2, 0) is 0 Å². The lowest BCUT2D eigenvalue weighted by Crippen LogP contribution is -2.13. The Morgan fingerprint density at radius 1 is 1.05 bits per heavy atom. The van der Waals surface area contributed by atoms with Crippen molar-refractivity contribution in [3.63, 3.8) is 0 Å². The zero-order chi connectivity index (χ0) is 16.3. The monoisotopic (exact) mass is 355 g/mol. The van der Waals surface area contributed by atoms with Gasteiger partial charge in [-0.2, -0.15) is 5.10 Å². The highest BCUT2D eigenvalue weighted by Gasteiger charge is 2.08. The highest BCUT2D eigenvalue weighted by Crippen LogP contribution is 2.27. The third-order valence-electron chi connectivity index (χ3n) is 3.22. The van der Waals surface area contributed by atoms with Crippen molar-refractivity contribution in [3.05, 3.63) is 57.0 Å². The van der Waals surface area contributed by atoms with Crippen LogP contribution in [0, 0.1) is 0 Å². The highest BCUT2D eigenvalue weighted by molar-refractivity contribution is 6.42. The zero-order valence-corrected chi connectivity index (χ0v) is 14.8. The summed E-state index contributed by atoms with van der Waals surface area (Å²) in [5.74, 6) is 0. The lowest BCUT2D eigenvalue weighted by molar-refractivity contribution is 1.01. The molecule has 0 heterocycles. The van der Waals surface area contributed by atoms with Crippen LogP contribution in [0.25, 0.3) is 0 Å². The minimum absolute atomic E-state index is 0.498. The zero-order valence-electron chi connectivity index (χ0n) is 12.5. The summed E-state index contributed by atoms with van der Waals surface area (Å²) in [6.45, 7) is 1.93. The summed E-state index contributed by atoms with van der Waals surface area (Å²) in [5, 5.41) is 11.2. The number of hydrogen-bond donors (Lipinski definition) is 1. The summed E-state index contributed by atoms with van der Waals surface area (Å²) in [4.78, 5) is 0. The van der Waals surface area contributed by atoms with E-state index in [2.05, 4.69) is 10.4 Å². The van der Waals surface area contributed by atoms with Gasteiger partial charge in [-0.3, -0.25) is 5.01 Å². The standard InChI is InChI=1S/C16H16Cl3N3/c1-10(13-8-11(17)4-7-16(13)20-2)21-22(3)12-5-6-14(18)15(19)9-12/h4-9,20H,1-3H3/b21-10-. The van der Waals surface area contributed by atoms with Crippen LogP contribution in [0.15, 0.2) is 41.5 Å². The lowest BCUT2D eigenvalue weighted by Gasteiger charge is -2.16. The van der Waals surface area contributed by atoms with E-state index in [9.17, 15) is 0 Å². The molecule has 0 saturated carbocycles. The summed E-state index contributed by atoms with van der Waals surface area (Å²) in [6, 6.07) is 11.0. The largest absolute Gasteiger partial charge is 0.388 e. The van der Waals surface area contributed by atoms with Crippen LogP contribution in [0.5, 0.6) is 0 Å². The molecule has 2 aromatic carbocycles. The van der Waals surface area contributed by atoms with Gasteiger partial charge in [0.15, 0.2) is 0 Å². The van der Waals surface area contributed by atoms with Gasteiger partial charge in [0.2, 0.25) is 0 Å². The Balaban J connectivity index is 2.35. The second-order valence-electron chi connectivity index (χ2n) is 4.75. The molecule has 0 saturated heterocycles. The Kier molecular flexibility index (Phi) is 5.57. The van der Waals surface area contributed by atoms with Gasteiger partial charge in [0, 0.05) is 30.4 Å². The maximum absolute atomic E-state index is 6.08. The SMILES string of the molecule is CNc1ccc(Cl)cc1/C(C)=N\N(C)c1ccc(Cl)c(Cl)c1. The van der Waals surface area contributed by atoms with Crippen molar-refractivity contribution in [2.75, 3.05) is 24.4 Å². The maximum atomic E-state index is 6.08. The van der Waals surface area contributed by atoms with E-state index >= 15 is 0 Å². The van der Waals surface area contributed by atoms with Crippen LogP contribution >= 0.6 is 34.8 Å². The van der Waals surface area contributed by atoms with E-state index < -0.39 is 0 Å². The minimum atomic E-state index is 0.498. The fourth-order valence-corrected chi connectivity index (χ4v) is 2.52. The fraction of sp³-hybridized carbons (Fsp3) is 0.188. The summed E-state index contributed by atoms with van der Waals surface area (Å²) in [7, 11) is 3.72. The summed E-state index contributed by atoms with van der Waals surface area (Å²) in [5.41, 5.74) is 3.59. The molecule has 0 aliphatic heterocycles. The van der Waals surface area contributed by atoms with Gasteiger partial charge < -0.3 is 5.32 Å². The molecule has 0 aliphatic carbocycles. The van der Waals surface area contributed by atoms with Gasteiger partial charge in [0.25, 0.3) is 0 Å². The maximum Gasteiger partial charge on any atom is 0.0672 e. The summed E-state index contributed by atoms with van der Waals surface area (Å²) < 4.78 is 0. The molecule has 1 N–H and O–H groups in total. The first-order valence-electron chi connectivity index (χ1n) is 6.64. The number of rotatable bonds is 4. The Hall–Kier alpha value is -1.42. The molecule has 0 aliphatic rings. The Morgan fingerprint density at radius 3 is 2.41 bits per heavy atom. The van der Waals surface area contributed by atoms with Gasteiger partial charge in [-0.15, -0.1) is 0 Å². The molecule has 116 valence electrons. The van der Waals surface area contributed by atoms with E-state index in [0.717, 1.165) is 22.6 Å². The van der Waals surface area contributed by atoms with E-state index in [-0.39, 0.29) is 0 Å². The molecule has 2 rings (SSSR count). The number of anilines is 2. The molecule has 6 heteroatoms. The smallest absolute Gasteiger partial charge is 0.0672 e. The van der Waals surface area contributed by atoms with Crippen molar-refractivity contribution in [1.29, 1.82) is 0 Å². The van der Waals surface area contributed by atoms with Crippen LogP contribution in [-0.4, -0.2) is 19.8 Å². The van der Waals surface area contributed by atoms with Gasteiger partial charge in [-0.05, 0) is 43.3 Å². The molecule has 0 amide bonds. The average molecular weight is 357 g/mol. The Bertz CT molecular complexity index is 714. The van der Waals surface area contributed by atoms with E-state index in [1.165, 1.54) is 0 Å². The molecular weight excluding hydrogens is 341 g/mol. The first kappa shape index (κ1) is 16.9.